The van der Waals surface area contributed by atoms with Crippen molar-refractivity contribution < 1.29 is 14.8 Å². The Hall–Kier alpha value is -0.610. The molecule has 1 unspecified atom stereocenters. The molecule has 0 aliphatic carbocycles. The maximum absolute atomic E-state index is 10.2. The Morgan fingerprint density at radius 1 is 1.38 bits per heavy atom. The van der Waals surface area contributed by atoms with Crippen molar-refractivity contribution in [3.8, 4) is 0 Å². The van der Waals surface area contributed by atoms with Crippen molar-refractivity contribution in [2.75, 3.05) is 26.7 Å². The van der Waals surface area contributed by atoms with Crippen LogP contribution in [0.15, 0.2) is 0 Å². The molecule has 0 aromatic carbocycles. The summed E-state index contributed by atoms with van der Waals surface area (Å²) in [5.41, 5.74) is 5.29. The summed E-state index contributed by atoms with van der Waals surface area (Å²) in [6.45, 7) is 5.79. The van der Waals surface area contributed by atoms with Crippen molar-refractivity contribution in [3.05, 3.63) is 0 Å². The number of carbonyl (C=O) groups is 1. The number of unbranched alkanes of at least 4 members (excludes halogenated alkanes) is 1. The minimum Gasteiger partial charge on any atom is -0.477 e. The molecular weight excluding hydrogens is 168 g/mol. The third kappa shape index (κ3) is 14.3. The third-order valence-electron chi connectivity index (χ3n) is 1.51. The lowest BCUT2D eigenvalue weighted by Gasteiger charge is -2.09. The molecule has 0 bridgehead atoms. The van der Waals surface area contributed by atoms with Gasteiger partial charge in [0, 0.05) is 0 Å². The second-order valence-corrected chi connectivity index (χ2v) is 2.77. The van der Waals surface area contributed by atoms with Gasteiger partial charge in [0.1, 0.15) is 0 Å². The summed E-state index contributed by atoms with van der Waals surface area (Å²) in [7, 11) is 1.88. The molecular formula is C9H23N2O2+. The highest BCUT2D eigenvalue weighted by Gasteiger charge is 2.05. The average Bonchev–Trinajstić information content (AvgIpc) is 2.07. The van der Waals surface area contributed by atoms with Crippen LogP contribution in [-0.4, -0.2) is 37.8 Å². The predicted octanol–water partition coefficient (Wildman–Crippen LogP) is -0.649. The number of hydrogen-bond acceptors (Lipinski definition) is 2. The Kier molecular flexibility index (Phi) is 13.0. The smallest absolute Gasteiger partial charge is 0.359 e. The van der Waals surface area contributed by atoms with Gasteiger partial charge in [0.25, 0.3) is 0 Å². The number of aliphatic carboxylic acids is 1. The number of nitrogens with one attached hydrogen (secondary N) is 1. The van der Waals surface area contributed by atoms with E-state index in [0.717, 1.165) is 24.3 Å². The van der Waals surface area contributed by atoms with Crippen molar-refractivity contribution >= 4 is 5.97 Å². The summed E-state index contributed by atoms with van der Waals surface area (Å²) >= 11 is 0. The highest BCUT2D eigenvalue weighted by atomic mass is 16.4. The van der Waals surface area contributed by atoms with E-state index in [2.05, 4.69) is 0 Å². The fourth-order valence-corrected chi connectivity index (χ4v) is 0.918. The molecule has 80 valence electrons. The Balaban J connectivity index is 0. The van der Waals surface area contributed by atoms with Gasteiger partial charge in [-0.15, -0.1) is 0 Å². The lowest BCUT2D eigenvalue weighted by Crippen LogP contribution is -3.10. The first-order chi connectivity index (χ1) is 6.16. The minimum atomic E-state index is -0.741. The van der Waals surface area contributed by atoms with Gasteiger partial charge in [0.05, 0.1) is 13.6 Å². The zero-order chi connectivity index (χ0) is 10.7. The molecule has 0 heterocycles. The van der Waals surface area contributed by atoms with Gasteiger partial charge in [-0.2, -0.15) is 0 Å². The van der Waals surface area contributed by atoms with Crippen LogP contribution in [0.4, 0.5) is 0 Å². The fourth-order valence-electron chi connectivity index (χ4n) is 0.918. The van der Waals surface area contributed by atoms with E-state index >= 15 is 0 Å². The highest BCUT2D eigenvalue weighted by Crippen LogP contribution is 1.78. The van der Waals surface area contributed by atoms with E-state index in [1.165, 1.54) is 0 Å². The molecule has 0 saturated heterocycles. The van der Waals surface area contributed by atoms with Crippen LogP contribution in [-0.2, 0) is 4.79 Å². The van der Waals surface area contributed by atoms with E-state index in [4.69, 9.17) is 10.8 Å². The summed E-state index contributed by atoms with van der Waals surface area (Å²) in [6, 6.07) is 0. The Labute approximate surface area is 80.7 Å². The van der Waals surface area contributed by atoms with Crippen LogP contribution in [0, 0.1) is 0 Å². The highest BCUT2D eigenvalue weighted by molar-refractivity contribution is 5.67. The molecule has 0 amide bonds. The molecule has 1 atom stereocenters. The maximum atomic E-state index is 10.2. The zero-order valence-electron chi connectivity index (χ0n) is 8.97. The summed E-state index contributed by atoms with van der Waals surface area (Å²) in [5, 5.41) is 8.39. The Bertz CT molecular complexity index is 118. The minimum absolute atomic E-state index is 0.199. The number of hydrogen-bond donors (Lipinski definition) is 3. The van der Waals surface area contributed by atoms with Gasteiger partial charge in [0.2, 0.25) is 0 Å². The molecule has 0 radical (unpaired) electrons. The molecule has 0 aliphatic heterocycles. The van der Waals surface area contributed by atoms with Crippen molar-refractivity contribution in [1.82, 2.24) is 0 Å². The lowest BCUT2D eigenvalue weighted by molar-refractivity contribution is -0.872. The topological polar surface area (TPSA) is 67.8 Å². The molecule has 4 N–H and O–H groups in total. The molecule has 0 saturated carbocycles. The molecule has 0 aliphatic rings. The number of carboxylic acid groups (broad SMARTS) is 1. The van der Waals surface area contributed by atoms with Gasteiger partial charge < -0.3 is 15.7 Å². The summed E-state index contributed by atoms with van der Waals surface area (Å²) in [6.07, 6.45) is 1.99. The molecule has 0 aromatic heterocycles. The fraction of sp³-hybridized carbons (Fsp3) is 0.889. The van der Waals surface area contributed by atoms with E-state index in [0.29, 0.717) is 6.54 Å². The van der Waals surface area contributed by atoms with E-state index in [9.17, 15) is 4.79 Å². The maximum Gasteiger partial charge on any atom is 0.359 e. The Morgan fingerprint density at radius 3 is 2.31 bits per heavy atom. The van der Waals surface area contributed by atoms with Crippen molar-refractivity contribution in [1.29, 1.82) is 0 Å². The van der Waals surface area contributed by atoms with Crippen molar-refractivity contribution in [2.24, 2.45) is 5.73 Å². The molecule has 4 heteroatoms. The first kappa shape index (κ1) is 14.9. The van der Waals surface area contributed by atoms with E-state index < -0.39 is 5.97 Å². The second kappa shape index (κ2) is 11.4. The monoisotopic (exact) mass is 191 g/mol. The largest absolute Gasteiger partial charge is 0.477 e. The standard InChI is InChI=1S/C7H16N2O2.C2H6/c1-9(6-7(10)11)5-3-2-4-8;1-2/h2-6,8H2,1H3,(H,10,11);1-2H3/p+1. The number of rotatable bonds is 6. The van der Waals surface area contributed by atoms with Crippen molar-refractivity contribution in [3.63, 3.8) is 0 Å². The van der Waals surface area contributed by atoms with E-state index in [1.54, 1.807) is 0 Å². The molecule has 0 spiro atoms. The number of likely N-dealkylation sites (N-methyl/N-ethyl adjacent to an activating group) is 1. The Morgan fingerprint density at radius 2 is 1.92 bits per heavy atom. The van der Waals surface area contributed by atoms with Crippen molar-refractivity contribution in [2.45, 2.75) is 26.7 Å². The van der Waals surface area contributed by atoms with Crippen LogP contribution in [0.2, 0.25) is 0 Å². The summed E-state index contributed by atoms with van der Waals surface area (Å²) < 4.78 is 0. The van der Waals surface area contributed by atoms with Gasteiger partial charge in [-0.25, -0.2) is 4.79 Å². The molecule has 4 nitrogen and oxygen atoms in total. The third-order valence-corrected chi connectivity index (χ3v) is 1.51. The van der Waals surface area contributed by atoms with Gasteiger partial charge >= 0.3 is 5.97 Å². The second-order valence-electron chi connectivity index (χ2n) is 2.77. The predicted molar refractivity (Wildman–Crippen MR) is 53.9 cm³/mol. The molecule has 0 aromatic rings. The molecule has 13 heavy (non-hydrogen) atoms. The molecule has 0 rings (SSSR count). The van der Waals surface area contributed by atoms with E-state index in [-0.39, 0.29) is 6.54 Å². The first-order valence-corrected chi connectivity index (χ1v) is 4.90. The number of carboxylic acids is 1. The number of quaternary nitrogens is 1. The zero-order valence-corrected chi connectivity index (χ0v) is 8.97. The van der Waals surface area contributed by atoms with Gasteiger partial charge in [-0.3, -0.25) is 0 Å². The average molecular weight is 191 g/mol. The molecule has 0 fully saturated rings. The van der Waals surface area contributed by atoms with Crippen LogP contribution >= 0.6 is 0 Å². The lowest BCUT2D eigenvalue weighted by atomic mass is 10.3. The van der Waals surface area contributed by atoms with Crippen LogP contribution in [0.5, 0.6) is 0 Å². The summed E-state index contributed by atoms with van der Waals surface area (Å²) in [5.74, 6) is -0.741. The number of nitrogens with two attached hydrogens (primary N) is 1. The SMILES string of the molecule is CC.C[NH+](CCCCN)CC(=O)O. The van der Waals surface area contributed by atoms with Crippen LogP contribution < -0.4 is 10.6 Å². The van der Waals surface area contributed by atoms with Crippen LogP contribution in [0.3, 0.4) is 0 Å². The van der Waals surface area contributed by atoms with Crippen LogP contribution in [0.1, 0.15) is 26.7 Å². The normalized spacial score (nSPS) is 11.4. The van der Waals surface area contributed by atoms with Crippen LogP contribution in [0.25, 0.3) is 0 Å². The summed E-state index contributed by atoms with van der Waals surface area (Å²) in [4.78, 5) is 11.2. The van der Waals surface area contributed by atoms with E-state index in [1.807, 2.05) is 20.9 Å². The quantitative estimate of drug-likeness (QED) is 0.489. The van der Waals surface area contributed by atoms with Gasteiger partial charge in [-0.05, 0) is 19.4 Å². The van der Waals surface area contributed by atoms with Gasteiger partial charge in [-0.1, -0.05) is 13.8 Å². The first-order valence-electron chi connectivity index (χ1n) is 4.90. The van der Waals surface area contributed by atoms with Gasteiger partial charge in [0.15, 0.2) is 6.54 Å².